The van der Waals surface area contributed by atoms with Gasteiger partial charge >= 0.3 is 0 Å². The average molecular weight is 580 g/mol. The van der Waals surface area contributed by atoms with Crippen molar-refractivity contribution in [2.45, 2.75) is 62.6 Å². The molecule has 12 heteroatoms. The van der Waals surface area contributed by atoms with Gasteiger partial charge in [0.05, 0.1) is 13.0 Å². The lowest BCUT2D eigenvalue weighted by Gasteiger charge is -2.22. The number of fused-ring (bicyclic) bond motifs is 1. The molecule has 1 aliphatic carbocycles. The Labute approximate surface area is 230 Å². The molecule has 1 fully saturated rings. The van der Waals surface area contributed by atoms with Crippen molar-refractivity contribution in [1.29, 1.82) is 0 Å². The quantitative estimate of drug-likeness (QED) is 0.391. The maximum atomic E-state index is 14.7. The zero-order valence-corrected chi connectivity index (χ0v) is 23.2. The maximum absolute atomic E-state index is 14.7. The Kier molecular flexibility index (Phi) is 7.43. The zero-order chi connectivity index (χ0) is 28.1. The number of aromatic nitrogens is 2. The van der Waals surface area contributed by atoms with Crippen LogP contribution in [0.3, 0.4) is 0 Å². The van der Waals surface area contributed by atoms with E-state index < -0.39 is 38.5 Å². The largest absolute Gasteiger partial charge is 0.475 e. The van der Waals surface area contributed by atoms with Crippen molar-refractivity contribution in [3.05, 3.63) is 74.8 Å². The Morgan fingerprint density at radius 2 is 2.03 bits per heavy atom. The van der Waals surface area contributed by atoms with Crippen molar-refractivity contribution in [3.8, 4) is 5.88 Å². The van der Waals surface area contributed by atoms with Gasteiger partial charge in [0, 0.05) is 19.1 Å². The van der Waals surface area contributed by atoms with Gasteiger partial charge in [-0.25, -0.2) is 18.2 Å². The van der Waals surface area contributed by atoms with Crippen molar-refractivity contribution >= 4 is 27.5 Å². The first-order valence-corrected chi connectivity index (χ1v) is 14.4. The normalized spacial score (nSPS) is 17.8. The summed E-state index contributed by atoms with van der Waals surface area (Å²) in [4.78, 5) is 13.0. The van der Waals surface area contributed by atoms with Crippen LogP contribution in [0.25, 0.3) is 0 Å². The number of carbonyl (C=O) groups excluding carboxylic acids is 1. The Hall–Kier alpha value is -3.02. The summed E-state index contributed by atoms with van der Waals surface area (Å²) in [6.45, 7) is 4.24. The van der Waals surface area contributed by atoms with E-state index in [1.807, 2.05) is 19.1 Å². The Morgan fingerprint density at radius 1 is 1.28 bits per heavy atom. The van der Waals surface area contributed by atoms with Crippen LogP contribution in [-0.2, 0) is 32.5 Å². The van der Waals surface area contributed by atoms with Crippen LogP contribution in [-0.4, -0.2) is 43.9 Å². The van der Waals surface area contributed by atoms with E-state index in [9.17, 15) is 22.0 Å². The van der Waals surface area contributed by atoms with E-state index in [0.717, 1.165) is 41.2 Å². The molecule has 0 bridgehead atoms. The number of carbonyl (C=O) groups is 1. The highest BCUT2D eigenvalue weighted by atomic mass is 35.5. The van der Waals surface area contributed by atoms with Gasteiger partial charge in [-0.1, -0.05) is 36.7 Å². The van der Waals surface area contributed by atoms with Crippen LogP contribution in [0.1, 0.15) is 59.4 Å². The molecule has 208 valence electrons. The number of hydrogen-bond acceptors (Lipinski definition) is 6. The van der Waals surface area contributed by atoms with Gasteiger partial charge in [-0.2, -0.15) is 13.5 Å². The molecule has 1 unspecified atom stereocenters. The van der Waals surface area contributed by atoms with Gasteiger partial charge in [-0.15, -0.1) is 0 Å². The predicted molar refractivity (Wildman–Crippen MR) is 140 cm³/mol. The maximum Gasteiger partial charge on any atom is 0.283 e. The monoisotopic (exact) mass is 579 g/mol. The lowest BCUT2D eigenvalue weighted by Crippen LogP contribution is -2.33. The van der Waals surface area contributed by atoms with E-state index in [4.69, 9.17) is 21.1 Å². The Morgan fingerprint density at radius 3 is 2.72 bits per heavy atom. The lowest BCUT2D eigenvalue weighted by molar-refractivity contribution is -0.118. The summed E-state index contributed by atoms with van der Waals surface area (Å²) in [6, 6.07) is 7.57. The number of nitrogens with zero attached hydrogens (tertiary/aromatic N) is 2. The summed E-state index contributed by atoms with van der Waals surface area (Å²) in [5.74, 6) is -2.23. The highest BCUT2D eigenvalue weighted by molar-refractivity contribution is 7.90. The molecular weight excluding hydrogens is 552 g/mol. The van der Waals surface area contributed by atoms with E-state index in [1.165, 1.54) is 23.9 Å². The van der Waals surface area contributed by atoms with Crippen molar-refractivity contribution in [2.24, 2.45) is 0 Å². The third kappa shape index (κ3) is 5.53. The van der Waals surface area contributed by atoms with Crippen molar-refractivity contribution in [1.82, 2.24) is 14.5 Å². The van der Waals surface area contributed by atoms with Gasteiger partial charge in [0.25, 0.3) is 10.0 Å². The third-order valence-electron chi connectivity index (χ3n) is 7.29. The lowest BCUT2D eigenvalue weighted by atomic mass is 9.86. The van der Waals surface area contributed by atoms with E-state index in [2.05, 4.69) is 9.82 Å². The number of rotatable bonds is 8. The van der Waals surface area contributed by atoms with Crippen LogP contribution in [0.5, 0.6) is 5.88 Å². The van der Waals surface area contributed by atoms with Gasteiger partial charge < -0.3 is 9.47 Å². The topological polar surface area (TPSA) is 99.5 Å². The van der Waals surface area contributed by atoms with E-state index in [1.54, 1.807) is 6.92 Å². The first-order valence-electron chi connectivity index (χ1n) is 12.5. The summed E-state index contributed by atoms with van der Waals surface area (Å²) >= 11 is 5.80. The molecule has 2 aliphatic rings. The van der Waals surface area contributed by atoms with Crippen LogP contribution in [0.15, 0.2) is 35.4 Å². The molecule has 5 rings (SSSR count). The summed E-state index contributed by atoms with van der Waals surface area (Å²) in [7, 11) is -2.71. The molecule has 39 heavy (non-hydrogen) atoms. The smallest absolute Gasteiger partial charge is 0.283 e. The number of aryl methyl sites for hydroxylation is 1. The second-order valence-electron chi connectivity index (χ2n) is 10.0. The summed E-state index contributed by atoms with van der Waals surface area (Å²) < 4.78 is 68.5. The average Bonchev–Trinajstić information content (AvgIpc) is 3.64. The summed E-state index contributed by atoms with van der Waals surface area (Å²) in [6.07, 6.45) is 1.46. The fourth-order valence-electron chi connectivity index (χ4n) is 4.90. The van der Waals surface area contributed by atoms with Crippen LogP contribution in [0.2, 0.25) is 5.02 Å². The molecule has 0 radical (unpaired) electrons. The molecule has 0 saturated heterocycles. The minimum Gasteiger partial charge on any atom is -0.475 e. The third-order valence-corrected chi connectivity index (χ3v) is 8.88. The predicted octanol–water partition coefficient (Wildman–Crippen LogP) is 4.61. The van der Waals surface area contributed by atoms with Gasteiger partial charge in [0.15, 0.2) is 0 Å². The van der Waals surface area contributed by atoms with Crippen molar-refractivity contribution in [3.63, 3.8) is 0 Å². The number of amides is 1. The Bertz CT molecular complexity index is 1560. The number of hydrogen-bond donors (Lipinski definition) is 1. The van der Waals surface area contributed by atoms with Gasteiger partial charge in [0.1, 0.15) is 29.4 Å². The molecule has 1 amide bonds. The molecular formula is C27H28ClF2N3O5S. The van der Waals surface area contributed by atoms with Gasteiger partial charge in [-0.3, -0.25) is 4.79 Å². The van der Waals surface area contributed by atoms with E-state index in [-0.39, 0.29) is 41.5 Å². The minimum atomic E-state index is -4.24. The fraction of sp³-hybridized carbons (Fsp3) is 0.407. The minimum absolute atomic E-state index is 0.155. The number of ether oxygens (including phenoxy) is 2. The summed E-state index contributed by atoms with van der Waals surface area (Å²) in [5.41, 5.74) is 3.50. The van der Waals surface area contributed by atoms with Gasteiger partial charge in [-0.05, 0) is 59.6 Å². The number of benzene rings is 2. The second-order valence-corrected chi connectivity index (χ2v) is 12.1. The molecule has 0 spiro atoms. The molecule has 1 N–H and O–H groups in total. The van der Waals surface area contributed by atoms with E-state index in [0.29, 0.717) is 6.54 Å². The number of nitrogens with one attached hydrogen (secondary N) is 1. The second kappa shape index (κ2) is 10.5. The Balaban J connectivity index is 1.37. The van der Waals surface area contributed by atoms with Crippen molar-refractivity contribution < 1.29 is 31.5 Å². The molecule has 1 saturated carbocycles. The van der Waals surface area contributed by atoms with Crippen LogP contribution < -0.4 is 9.46 Å². The number of sulfonamides is 1. The highest BCUT2D eigenvalue weighted by Gasteiger charge is 2.31. The molecule has 1 aliphatic heterocycles. The first kappa shape index (κ1) is 27.5. The number of methoxy groups -OCH3 is 1. The van der Waals surface area contributed by atoms with Crippen LogP contribution >= 0.6 is 11.6 Å². The molecule has 1 aromatic heterocycles. The zero-order valence-electron chi connectivity index (χ0n) is 21.6. The van der Waals surface area contributed by atoms with Crippen molar-refractivity contribution in [2.75, 3.05) is 13.7 Å². The molecule has 2 atom stereocenters. The number of halogens is 3. The van der Waals surface area contributed by atoms with Crippen LogP contribution in [0, 0.1) is 18.6 Å². The highest BCUT2D eigenvalue weighted by Crippen LogP contribution is 2.44. The molecule has 3 aromatic rings. The SMILES string of the molecule is CO[C@H]1COc2cc(S(=O)(=O)NC(=O)Cc3c(C)cc(C(C)c4ccc(F)c(Cl)c4F)cc3C3CC3)nn2C1. The standard InChI is InChI=1S/C27H28ClF2N3O5S/c1-14-8-17(15(2)19-6-7-22(29)26(28)27(19)30)9-21(16-4-5-16)20(14)10-23(34)32-39(35,36)24-11-25-33(31-24)12-18(37-3)13-38-25/h6-9,11,15-16,18H,4-5,10,12-13H2,1-3H3,(H,32,34)/t15?,18-/m1/s1. The first-order chi connectivity index (χ1) is 18.5. The molecule has 2 heterocycles. The van der Waals surface area contributed by atoms with Crippen LogP contribution in [0.4, 0.5) is 8.78 Å². The molecule has 2 aromatic carbocycles. The fourth-order valence-corrected chi connectivity index (χ4v) is 6.01. The summed E-state index contributed by atoms with van der Waals surface area (Å²) in [5, 5.41) is 3.22. The van der Waals surface area contributed by atoms with E-state index >= 15 is 0 Å². The molecule has 8 nitrogen and oxygen atoms in total. The van der Waals surface area contributed by atoms with Gasteiger partial charge in [0.2, 0.25) is 16.8 Å².